The fourth-order valence-electron chi connectivity index (χ4n) is 6.29. The maximum absolute atomic E-state index is 6.58. The number of rotatable bonds is 12. The van der Waals surface area contributed by atoms with Crippen molar-refractivity contribution in [1.82, 2.24) is 0 Å². The highest BCUT2D eigenvalue weighted by Gasteiger charge is 2.25. The second kappa shape index (κ2) is 15.3. The lowest BCUT2D eigenvalue weighted by molar-refractivity contribution is 0.385. The predicted octanol–water partition coefficient (Wildman–Crippen LogP) is 13.8. The van der Waals surface area contributed by atoms with E-state index in [1.54, 1.807) is 6.07 Å². The van der Waals surface area contributed by atoms with Gasteiger partial charge < -0.3 is 27.1 Å². The first-order chi connectivity index (χ1) is 26.7. The van der Waals surface area contributed by atoms with Crippen LogP contribution in [0.1, 0.15) is 0 Å². The van der Waals surface area contributed by atoms with Crippen LogP contribution in [0.2, 0.25) is 0 Å². The summed E-state index contributed by atoms with van der Waals surface area (Å²) in [6.45, 7) is 0. The lowest BCUT2D eigenvalue weighted by Gasteiger charge is -2.21. The van der Waals surface area contributed by atoms with Crippen LogP contribution in [-0.2, 0) is 0 Å². The molecular formula is C46H32O6P2. The number of hydrogen-bond acceptors (Lipinski definition) is 6. The zero-order valence-electron chi connectivity index (χ0n) is 28.8. The fourth-order valence-corrected chi connectivity index (χ4v) is 8.37. The normalized spacial score (nSPS) is 11.3. The molecule has 0 spiro atoms. The van der Waals surface area contributed by atoms with Crippen LogP contribution in [0.15, 0.2) is 194 Å². The van der Waals surface area contributed by atoms with Gasteiger partial charge in [-0.25, -0.2) is 0 Å². The molecule has 0 fully saturated rings. The second-order valence-electron chi connectivity index (χ2n) is 12.4. The molecular weight excluding hydrogens is 710 g/mol. The van der Waals surface area contributed by atoms with Gasteiger partial charge in [-0.3, -0.25) is 0 Å². The van der Waals surface area contributed by atoms with Crippen LogP contribution in [0.5, 0.6) is 34.5 Å². The molecule has 0 unspecified atom stereocenters. The molecule has 0 aliphatic rings. The summed E-state index contributed by atoms with van der Waals surface area (Å²) < 4.78 is 39.4. The van der Waals surface area contributed by atoms with E-state index >= 15 is 0 Å². The van der Waals surface area contributed by atoms with Gasteiger partial charge in [0.25, 0.3) is 0 Å². The molecule has 0 N–H and O–H groups in total. The molecule has 262 valence electrons. The topological polar surface area (TPSA) is 55.4 Å². The van der Waals surface area contributed by atoms with E-state index in [1.165, 1.54) is 0 Å². The van der Waals surface area contributed by atoms with Crippen molar-refractivity contribution in [3.05, 3.63) is 194 Å². The Hall–Kier alpha value is -6.32. The van der Waals surface area contributed by atoms with Gasteiger partial charge in [0.05, 0.1) is 0 Å². The third-order valence-electron chi connectivity index (χ3n) is 8.86. The highest BCUT2D eigenvalue weighted by Crippen LogP contribution is 2.49. The quantitative estimate of drug-likeness (QED) is 0.116. The largest absolute Gasteiger partial charge is 0.530 e. The lowest BCUT2D eigenvalue weighted by atomic mass is 10.1. The van der Waals surface area contributed by atoms with Crippen LogP contribution in [0.25, 0.3) is 43.1 Å². The minimum Gasteiger partial charge on any atom is -0.408 e. The van der Waals surface area contributed by atoms with Gasteiger partial charge in [-0.05, 0) is 57.9 Å². The monoisotopic (exact) mass is 742 g/mol. The molecule has 9 aromatic rings. The Balaban J connectivity index is 1.04. The van der Waals surface area contributed by atoms with Gasteiger partial charge in [0.2, 0.25) is 0 Å². The van der Waals surface area contributed by atoms with Gasteiger partial charge in [0, 0.05) is 27.6 Å². The van der Waals surface area contributed by atoms with Crippen LogP contribution < -0.4 is 27.1 Å². The summed E-state index contributed by atoms with van der Waals surface area (Å²) in [6.07, 6.45) is 0. The SMILES string of the molecule is c1cc(OP(Oc2cccc3ccccc23)Oc2cccc3ccccc23)cc(OP(Oc2cccc3ccccc23)Oc2cccc3ccccc23)c1. The van der Waals surface area contributed by atoms with Crippen LogP contribution in [0.4, 0.5) is 0 Å². The van der Waals surface area contributed by atoms with E-state index in [4.69, 9.17) is 27.1 Å². The Bertz CT molecular complexity index is 2370. The molecule has 9 rings (SSSR count). The first-order valence-corrected chi connectivity index (χ1v) is 19.6. The van der Waals surface area contributed by atoms with E-state index in [1.807, 2.05) is 140 Å². The van der Waals surface area contributed by atoms with Crippen LogP contribution in [0.3, 0.4) is 0 Å². The van der Waals surface area contributed by atoms with E-state index in [-0.39, 0.29) is 0 Å². The van der Waals surface area contributed by atoms with Crippen molar-refractivity contribution in [3.63, 3.8) is 0 Å². The molecule has 8 heteroatoms. The molecule has 0 saturated heterocycles. The summed E-state index contributed by atoms with van der Waals surface area (Å²) in [4.78, 5) is 0. The summed E-state index contributed by atoms with van der Waals surface area (Å²) in [5.74, 6) is 3.60. The maximum Gasteiger partial charge on any atom is 0.530 e. The van der Waals surface area contributed by atoms with Crippen molar-refractivity contribution >= 4 is 60.3 Å². The van der Waals surface area contributed by atoms with Gasteiger partial charge in [-0.2, -0.15) is 0 Å². The first-order valence-electron chi connectivity index (χ1n) is 17.4. The van der Waals surface area contributed by atoms with Crippen molar-refractivity contribution < 1.29 is 27.1 Å². The van der Waals surface area contributed by atoms with Gasteiger partial charge in [0.15, 0.2) is 0 Å². The van der Waals surface area contributed by atoms with E-state index < -0.39 is 17.2 Å². The van der Waals surface area contributed by atoms with E-state index in [2.05, 4.69) is 48.5 Å². The molecule has 6 nitrogen and oxygen atoms in total. The molecule has 9 aromatic carbocycles. The van der Waals surface area contributed by atoms with Crippen LogP contribution in [0, 0.1) is 0 Å². The Labute approximate surface area is 315 Å². The Morgan fingerprint density at radius 3 is 0.815 bits per heavy atom. The summed E-state index contributed by atoms with van der Waals surface area (Å²) in [5.41, 5.74) is 0. The number of fused-ring (bicyclic) bond motifs is 4. The minimum absolute atomic E-state index is 0.490. The van der Waals surface area contributed by atoms with Gasteiger partial charge >= 0.3 is 17.2 Å². The summed E-state index contributed by atoms with van der Waals surface area (Å²) in [6, 6.07) is 63.4. The van der Waals surface area contributed by atoms with Crippen molar-refractivity contribution in [3.8, 4) is 34.5 Å². The van der Waals surface area contributed by atoms with Crippen molar-refractivity contribution in [2.45, 2.75) is 0 Å². The summed E-state index contributed by atoms with van der Waals surface area (Å²) in [5, 5.41) is 8.03. The first kappa shape index (κ1) is 33.5. The average molecular weight is 743 g/mol. The standard InChI is InChI=1S/C46H32O6P2/c1-5-24-39-33(14-1)18-9-28-43(39)49-53(50-44-29-10-19-34-15-2-6-25-40(34)44)47-37-22-13-23-38(32-37)48-54(51-45-30-11-20-35-16-3-7-26-41(35)45)52-46-31-12-21-36-17-4-8-27-42(36)46/h1-32H. The van der Waals surface area contributed by atoms with Gasteiger partial charge in [-0.1, -0.05) is 152 Å². The van der Waals surface area contributed by atoms with Gasteiger partial charge in [0.1, 0.15) is 34.5 Å². The molecule has 0 atom stereocenters. The van der Waals surface area contributed by atoms with E-state index in [9.17, 15) is 0 Å². The number of benzene rings is 9. The Morgan fingerprint density at radius 1 is 0.241 bits per heavy atom. The molecule has 0 aliphatic heterocycles. The fraction of sp³-hybridized carbons (Fsp3) is 0. The summed E-state index contributed by atoms with van der Waals surface area (Å²) in [7, 11) is -4.00. The van der Waals surface area contributed by atoms with Crippen molar-refractivity contribution in [1.29, 1.82) is 0 Å². The van der Waals surface area contributed by atoms with Crippen molar-refractivity contribution in [2.24, 2.45) is 0 Å². The molecule has 0 amide bonds. The third kappa shape index (κ3) is 7.31. The average Bonchev–Trinajstić information content (AvgIpc) is 3.21. The minimum atomic E-state index is -2.00. The Morgan fingerprint density at radius 2 is 0.500 bits per heavy atom. The highest BCUT2D eigenvalue weighted by molar-refractivity contribution is 7.43. The predicted molar refractivity (Wildman–Crippen MR) is 220 cm³/mol. The van der Waals surface area contributed by atoms with Crippen LogP contribution in [-0.4, -0.2) is 0 Å². The second-order valence-corrected chi connectivity index (χ2v) is 14.4. The smallest absolute Gasteiger partial charge is 0.408 e. The van der Waals surface area contributed by atoms with Crippen molar-refractivity contribution in [2.75, 3.05) is 0 Å². The molecule has 0 saturated carbocycles. The van der Waals surface area contributed by atoms with E-state index in [0.717, 1.165) is 43.1 Å². The molecule has 0 heterocycles. The molecule has 0 bridgehead atoms. The Kier molecular flexibility index (Phi) is 9.52. The lowest BCUT2D eigenvalue weighted by Crippen LogP contribution is -2.04. The maximum atomic E-state index is 6.58. The zero-order chi connectivity index (χ0) is 36.1. The molecule has 0 aliphatic carbocycles. The van der Waals surface area contributed by atoms with Gasteiger partial charge in [-0.15, -0.1) is 0 Å². The molecule has 0 radical (unpaired) electrons. The molecule has 0 aromatic heterocycles. The van der Waals surface area contributed by atoms with Crippen LogP contribution >= 0.6 is 17.2 Å². The van der Waals surface area contributed by atoms with E-state index in [0.29, 0.717) is 34.5 Å². The third-order valence-corrected chi connectivity index (χ3v) is 11.0. The summed E-state index contributed by atoms with van der Waals surface area (Å²) >= 11 is 0. The number of hydrogen-bond donors (Lipinski definition) is 0. The highest BCUT2D eigenvalue weighted by atomic mass is 31.2. The molecule has 54 heavy (non-hydrogen) atoms. The zero-order valence-corrected chi connectivity index (χ0v) is 30.6.